The Morgan fingerprint density at radius 1 is 1.36 bits per heavy atom. The molecule has 25 heavy (non-hydrogen) atoms. The molecule has 0 saturated carbocycles. The van der Waals surface area contributed by atoms with Crippen molar-refractivity contribution in [1.82, 2.24) is 9.97 Å². The van der Waals surface area contributed by atoms with Crippen molar-refractivity contribution in [3.63, 3.8) is 0 Å². The molecule has 0 spiro atoms. The van der Waals surface area contributed by atoms with E-state index in [-0.39, 0.29) is 5.91 Å². The summed E-state index contributed by atoms with van der Waals surface area (Å²) >= 11 is 0. The number of anilines is 1. The molecule has 4 rings (SSSR count). The van der Waals surface area contributed by atoms with E-state index in [1.807, 2.05) is 24.3 Å². The van der Waals surface area contributed by atoms with Gasteiger partial charge < -0.3 is 21.0 Å². The fourth-order valence-electron chi connectivity index (χ4n) is 3.28. The Labute approximate surface area is 144 Å². The number of para-hydroxylation sites is 1. The van der Waals surface area contributed by atoms with Crippen molar-refractivity contribution in [2.45, 2.75) is 6.42 Å². The van der Waals surface area contributed by atoms with Gasteiger partial charge in [0.15, 0.2) is 0 Å². The van der Waals surface area contributed by atoms with Crippen LogP contribution in [0.3, 0.4) is 0 Å². The number of hydrogen-bond donors (Lipinski definition) is 3. The van der Waals surface area contributed by atoms with Gasteiger partial charge in [0.05, 0.1) is 5.56 Å². The topological polar surface area (TPSA) is 98.9 Å². The van der Waals surface area contributed by atoms with Crippen LogP contribution in [-0.2, 0) is 6.42 Å². The van der Waals surface area contributed by atoms with E-state index in [1.54, 1.807) is 17.3 Å². The molecule has 3 heterocycles. The Hall–Kier alpha value is -3.41. The predicted molar refractivity (Wildman–Crippen MR) is 98.9 cm³/mol. The molecule has 0 radical (unpaired) electrons. The lowest BCUT2D eigenvalue weighted by Crippen LogP contribution is -2.28. The third-order valence-electron chi connectivity index (χ3n) is 4.56. The van der Waals surface area contributed by atoms with Crippen LogP contribution in [0.4, 0.5) is 5.69 Å². The highest BCUT2D eigenvalue weighted by Crippen LogP contribution is 2.30. The minimum Gasteiger partial charge on any atom is -0.404 e. The number of nitrogens with two attached hydrogens (primary N) is 1. The molecule has 6 heteroatoms. The van der Waals surface area contributed by atoms with Gasteiger partial charge in [0.2, 0.25) is 0 Å². The summed E-state index contributed by atoms with van der Waals surface area (Å²) in [5.41, 5.74) is 10.3. The highest BCUT2D eigenvalue weighted by molar-refractivity contribution is 6.14. The Bertz CT molecular complexity index is 1020. The van der Waals surface area contributed by atoms with Gasteiger partial charge >= 0.3 is 0 Å². The molecule has 124 valence electrons. The Balaban J connectivity index is 1.76. The van der Waals surface area contributed by atoms with Crippen molar-refractivity contribution in [3.8, 4) is 0 Å². The fourth-order valence-corrected chi connectivity index (χ4v) is 3.28. The van der Waals surface area contributed by atoms with E-state index in [4.69, 9.17) is 11.1 Å². The van der Waals surface area contributed by atoms with Crippen LogP contribution in [0.25, 0.3) is 16.6 Å². The first kappa shape index (κ1) is 15.1. The minimum atomic E-state index is -0.0698. The van der Waals surface area contributed by atoms with Crippen LogP contribution in [0.15, 0.2) is 48.9 Å². The van der Waals surface area contributed by atoms with Crippen LogP contribution >= 0.6 is 0 Å². The molecular formula is C19H17N5O. The average Bonchev–Trinajstić information content (AvgIpc) is 3.26. The maximum Gasteiger partial charge on any atom is 0.259 e. The fraction of sp³-hybridized carbons (Fsp3) is 0.105. The second-order valence-corrected chi connectivity index (χ2v) is 5.92. The van der Waals surface area contributed by atoms with Gasteiger partial charge in [0, 0.05) is 53.6 Å². The number of aromatic amines is 1. The third-order valence-corrected chi connectivity index (χ3v) is 4.56. The van der Waals surface area contributed by atoms with E-state index in [1.165, 1.54) is 18.0 Å². The van der Waals surface area contributed by atoms with Crippen molar-refractivity contribution in [3.05, 3.63) is 65.6 Å². The highest BCUT2D eigenvalue weighted by atomic mass is 16.2. The zero-order valence-corrected chi connectivity index (χ0v) is 13.5. The van der Waals surface area contributed by atoms with Crippen molar-refractivity contribution in [2.75, 3.05) is 11.4 Å². The number of H-pyrrole nitrogens is 1. The molecule has 0 bridgehead atoms. The lowest BCUT2D eigenvalue weighted by molar-refractivity contribution is 0.0989. The van der Waals surface area contributed by atoms with E-state index in [9.17, 15) is 4.79 Å². The molecule has 1 aliphatic rings. The highest BCUT2D eigenvalue weighted by Gasteiger charge is 2.25. The number of carbonyl (C=O) groups is 1. The quantitative estimate of drug-likeness (QED) is 0.643. The number of amides is 1. The number of nitrogens with zero attached hydrogens (tertiary/aromatic N) is 2. The van der Waals surface area contributed by atoms with Gasteiger partial charge in [-0.05, 0) is 24.1 Å². The van der Waals surface area contributed by atoms with Crippen molar-refractivity contribution in [2.24, 2.45) is 5.73 Å². The van der Waals surface area contributed by atoms with Gasteiger partial charge in [0.1, 0.15) is 5.65 Å². The predicted octanol–water partition coefficient (Wildman–Crippen LogP) is 2.71. The SMILES string of the molecule is N=C/C(=C\N)c1c[nH]c2ncc(C(=O)N3CCc4ccccc43)cc12. The summed E-state index contributed by atoms with van der Waals surface area (Å²) in [7, 11) is 0. The van der Waals surface area contributed by atoms with Crippen LogP contribution in [0.5, 0.6) is 0 Å². The number of aromatic nitrogens is 2. The monoisotopic (exact) mass is 331 g/mol. The normalized spacial score (nSPS) is 13.9. The first-order valence-corrected chi connectivity index (χ1v) is 8.02. The molecule has 0 atom stereocenters. The molecule has 0 saturated heterocycles. The van der Waals surface area contributed by atoms with E-state index in [0.29, 0.717) is 23.3 Å². The largest absolute Gasteiger partial charge is 0.404 e. The van der Waals surface area contributed by atoms with Crippen LogP contribution in [-0.4, -0.2) is 28.6 Å². The second-order valence-electron chi connectivity index (χ2n) is 5.92. The lowest BCUT2D eigenvalue weighted by Gasteiger charge is -2.17. The number of nitrogens with one attached hydrogen (secondary N) is 2. The Kier molecular flexibility index (Phi) is 3.57. The number of fused-ring (bicyclic) bond motifs is 2. The van der Waals surface area contributed by atoms with Gasteiger partial charge in [-0.1, -0.05) is 18.2 Å². The van der Waals surface area contributed by atoms with E-state index < -0.39 is 0 Å². The van der Waals surface area contributed by atoms with E-state index in [2.05, 4.69) is 16.0 Å². The molecular weight excluding hydrogens is 314 g/mol. The second kappa shape index (κ2) is 5.90. The summed E-state index contributed by atoms with van der Waals surface area (Å²) in [6.07, 6.45) is 6.76. The molecule has 1 aliphatic heterocycles. The average molecular weight is 331 g/mol. The molecule has 0 fully saturated rings. The summed E-state index contributed by atoms with van der Waals surface area (Å²) in [5, 5.41) is 8.26. The van der Waals surface area contributed by atoms with Gasteiger partial charge in [-0.25, -0.2) is 4.98 Å². The molecule has 1 aromatic carbocycles. The molecule has 4 N–H and O–H groups in total. The minimum absolute atomic E-state index is 0.0698. The van der Waals surface area contributed by atoms with Crippen molar-refractivity contribution >= 4 is 34.4 Å². The Morgan fingerprint density at radius 3 is 3.00 bits per heavy atom. The number of rotatable bonds is 3. The lowest BCUT2D eigenvalue weighted by atomic mass is 10.1. The molecule has 0 unspecified atom stereocenters. The molecule has 6 nitrogen and oxygen atoms in total. The van der Waals surface area contributed by atoms with Crippen LogP contribution in [0, 0.1) is 5.41 Å². The van der Waals surface area contributed by atoms with E-state index in [0.717, 1.165) is 23.1 Å². The van der Waals surface area contributed by atoms with Gasteiger partial charge in [-0.15, -0.1) is 0 Å². The number of benzene rings is 1. The molecule has 2 aromatic heterocycles. The van der Waals surface area contributed by atoms with Gasteiger partial charge in [-0.3, -0.25) is 4.79 Å². The smallest absolute Gasteiger partial charge is 0.259 e. The summed E-state index contributed by atoms with van der Waals surface area (Å²) < 4.78 is 0. The van der Waals surface area contributed by atoms with Gasteiger partial charge in [0.25, 0.3) is 5.91 Å². The zero-order valence-electron chi connectivity index (χ0n) is 13.5. The van der Waals surface area contributed by atoms with Crippen molar-refractivity contribution in [1.29, 1.82) is 5.41 Å². The molecule has 3 aromatic rings. The van der Waals surface area contributed by atoms with Crippen LogP contribution in [0.2, 0.25) is 0 Å². The maximum atomic E-state index is 13.0. The number of allylic oxidation sites excluding steroid dienone is 1. The van der Waals surface area contributed by atoms with E-state index >= 15 is 0 Å². The first-order chi connectivity index (χ1) is 12.2. The first-order valence-electron chi connectivity index (χ1n) is 8.02. The van der Waals surface area contributed by atoms with Crippen LogP contribution in [0.1, 0.15) is 21.5 Å². The molecule has 1 amide bonds. The summed E-state index contributed by atoms with van der Waals surface area (Å²) in [6.45, 7) is 0.671. The summed E-state index contributed by atoms with van der Waals surface area (Å²) in [4.78, 5) is 22.2. The van der Waals surface area contributed by atoms with Crippen molar-refractivity contribution < 1.29 is 4.79 Å². The number of pyridine rings is 1. The number of hydrogen-bond acceptors (Lipinski definition) is 4. The van der Waals surface area contributed by atoms with Crippen LogP contribution < -0.4 is 10.6 Å². The Morgan fingerprint density at radius 2 is 2.20 bits per heavy atom. The third kappa shape index (κ3) is 2.39. The summed E-state index contributed by atoms with van der Waals surface area (Å²) in [6, 6.07) is 9.77. The standard InChI is InChI=1S/C19H17N5O/c20-8-14(9-21)16-11-23-18-15(16)7-13(10-22-18)19(25)24-6-5-12-3-1-2-4-17(12)24/h1-4,7-11,20H,5-6,21H2,(H,22,23)/b14-9+,20-8?. The van der Waals surface area contributed by atoms with Gasteiger partial charge in [-0.2, -0.15) is 0 Å². The summed E-state index contributed by atoms with van der Waals surface area (Å²) in [5.74, 6) is -0.0698. The maximum absolute atomic E-state index is 13.0. The zero-order chi connectivity index (χ0) is 17.4. The molecule has 0 aliphatic carbocycles. The number of carbonyl (C=O) groups excluding carboxylic acids is 1.